The van der Waals surface area contributed by atoms with Crippen LogP contribution in [-0.2, 0) is 11.2 Å². The van der Waals surface area contributed by atoms with Crippen molar-refractivity contribution in [1.29, 1.82) is 0 Å². The molecule has 3 heterocycles. The zero-order valence-corrected chi connectivity index (χ0v) is 16.1. The monoisotopic (exact) mass is 383 g/mol. The van der Waals surface area contributed by atoms with E-state index < -0.39 is 0 Å². The highest BCUT2D eigenvalue weighted by molar-refractivity contribution is 7.12. The van der Waals surface area contributed by atoms with Gasteiger partial charge >= 0.3 is 0 Å². The number of para-hydroxylation sites is 2. The van der Waals surface area contributed by atoms with Crippen LogP contribution in [0.2, 0.25) is 0 Å². The summed E-state index contributed by atoms with van der Waals surface area (Å²) in [6.07, 6.45) is 0.0556. The van der Waals surface area contributed by atoms with Crippen molar-refractivity contribution in [3.05, 3.63) is 58.9 Å². The first kappa shape index (κ1) is 17.6. The third-order valence-corrected chi connectivity index (χ3v) is 5.31. The van der Waals surface area contributed by atoms with Gasteiger partial charge in [-0.05, 0) is 38.1 Å². The highest BCUT2D eigenvalue weighted by atomic mass is 32.1. The number of hydrogen-bond acceptors (Lipinski definition) is 5. The van der Waals surface area contributed by atoms with Gasteiger partial charge in [-0.2, -0.15) is 0 Å². The molecule has 0 aliphatic carbocycles. The summed E-state index contributed by atoms with van der Waals surface area (Å²) in [6, 6.07) is 11.7. The van der Waals surface area contributed by atoms with Crippen molar-refractivity contribution in [3.63, 3.8) is 0 Å². The van der Waals surface area contributed by atoms with Crippen molar-refractivity contribution in [2.75, 3.05) is 13.2 Å². The largest absolute Gasteiger partial charge is 0.486 e. The molecule has 1 atom stereocenters. The van der Waals surface area contributed by atoms with Gasteiger partial charge in [0.15, 0.2) is 16.6 Å². The van der Waals surface area contributed by atoms with Crippen LogP contribution >= 0.6 is 11.3 Å². The van der Waals surface area contributed by atoms with Crippen LogP contribution in [0.15, 0.2) is 41.8 Å². The Balaban J connectivity index is 1.32. The van der Waals surface area contributed by atoms with Crippen LogP contribution < -0.4 is 14.8 Å². The molecule has 6 nitrogen and oxygen atoms in total. The lowest BCUT2D eigenvalue weighted by molar-refractivity contribution is -0.121. The Bertz CT molecular complexity index is 944. The fraction of sp³-hybridized carbons (Fsp3) is 0.300. The number of carbonyl (C=O) groups excluding carboxylic acids is 1. The van der Waals surface area contributed by atoms with Crippen molar-refractivity contribution in [1.82, 2.24) is 14.9 Å². The molecule has 2 aromatic heterocycles. The van der Waals surface area contributed by atoms with Gasteiger partial charge in [0, 0.05) is 16.8 Å². The Morgan fingerprint density at radius 3 is 2.74 bits per heavy atom. The van der Waals surface area contributed by atoms with Crippen LogP contribution in [0.4, 0.5) is 0 Å². The molecule has 1 unspecified atom stereocenters. The van der Waals surface area contributed by atoms with Crippen molar-refractivity contribution < 1.29 is 14.3 Å². The molecule has 0 saturated carbocycles. The maximum absolute atomic E-state index is 12.3. The number of thiazole rings is 1. The molecule has 1 amide bonds. The zero-order chi connectivity index (χ0) is 18.8. The highest BCUT2D eigenvalue weighted by Gasteiger charge is 2.21. The Morgan fingerprint density at radius 1 is 1.22 bits per heavy atom. The standard InChI is InChI=1S/C20H21N3O3S/c1-13-7-8-14(2)23(13)20-22-15(12-27-20)9-19(24)21-10-16-11-25-17-5-3-4-6-18(17)26-16/h3-8,12,16H,9-11H2,1-2H3,(H,21,24). The minimum atomic E-state index is -0.194. The summed E-state index contributed by atoms with van der Waals surface area (Å²) in [5, 5.41) is 5.73. The van der Waals surface area contributed by atoms with E-state index in [9.17, 15) is 4.79 Å². The number of amides is 1. The van der Waals surface area contributed by atoms with Crippen molar-refractivity contribution in [2.24, 2.45) is 0 Å². The molecule has 3 aromatic rings. The fourth-order valence-corrected chi connectivity index (χ4v) is 4.01. The molecule has 140 valence electrons. The van der Waals surface area contributed by atoms with Gasteiger partial charge in [-0.15, -0.1) is 11.3 Å². The lowest BCUT2D eigenvalue weighted by Crippen LogP contribution is -2.41. The number of aromatic nitrogens is 2. The predicted octanol–water partition coefficient (Wildman–Crippen LogP) is 3.05. The maximum Gasteiger partial charge on any atom is 0.226 e. The molecule has 1 aliphatic heterocycles. The molecule has 0 spiro atoms. The topological polar surface area (TPSA) is 65.4 Å². The molecule has 1 N–H and O–H groups in total. The summed E-state index contributed by atoms with van der Waals surface area (Å²) in [6.45, 7) is 4.92. The molecule has 0 radical (unpaired) electrons. The summed E-state index contributed by atoms with van der Waals surface area (Å²) in [5.41, 5.74) is 3.03. The summed E-state index contributed by atoms with van der Waals surface area (Å²) in [5.74, 6) is 1.38. The van der Waals surface area contributed by atoms with Gasteiger partial charge in [-0.25, -0.2) is 4.98 Å². The lowest BCUT2D eigenvalue weighted by atomic mass is 10.2. The summed E-state index contributed by atoms with van der Waals surface area (Å²) >= 11 is 1.54. The van der Waals surface area contributed by atoms with E-state index in [1.165, 1.54) is 0 Å². The maximum atomic E-state index is 12.3. The molecule has 0 fully saturated rings. The molecular weight excluding hydrogens is 362 g/mol. The Morgan fingerprint density at radius 2 is 1.96 bits per heavy atom. The first-order chi connectivity index (χ1) is 13.1. The van der Waals surface area contributed by atoms with Crippen LogP contribution in [0.25, 0.3) is 5.13 Å². The minimum Gasteiger partial charge on any atom is -0.486 e. The third kappa shape index (κ3) is 3.83. The van der Waals surface area contributed by atoms with Crippen molar-refractivity contribution in [2.45, 2.75) is 26.4 Å². The van der Waals surface area contributed by atoms with E-state index in [1.807, 2.05) is 43.5 Å². The molecule has 0 bridgehead atoms. The summed E-state index contributed by atoms with van der Waals surface area (Å²) in [4.78, 5) is 16.9. The van der Waals surface area contributed by atoms with Gasteiger partial charge in [0.05, 0.1) is 18.7 Å². The third-order valence-electron chi connectivity index (χ3n) is 4.44. The van der Waals surface area contributed by atoms with Crippen LogP contribution in [0.5, 0.6) is 11.5 Å². The van der Waals surface area contributed by atoms with E-state index in [4.69, 9.17) is 9.47 Å². The number of rotatable bonds is 5. The van der Waals surface area contributed by atoms with Crippen molar-refractivity contribution in [3.8, 4) is 16.6 Å². The number of fused-ring (bicyclic) bond motifs is 1. The molecule has 4 rings (SSSR count). The fourth-order valence-electron chi connectivity index (χ4n) is 3.07. The second kappa shape index (κ2) is 7.44. The zero-order valence-electron chi connectivity index (χ0n) is 15.3. The molecule has 1 aromatic carbocycles. The van der Waals surface area contributed by atoms with E-state index >= 15 is 0 Å². The molecule has 0 saturated heterocycles. The number of hydrogen-bond donors (Lipinski definition) is 1. The SMILES string of the molecule is Cc1ccc(C)n1-c1nc(CC(=O)NCC2COc3ccccc3O2)cs1. The molecule has 1 aliphatic rings. The first-order valence-electron chi connectivity index (χ1n) is 8.85. The van der Waals surface area contributed by atoms with E-state index in [0.29, 0.717) is 18.9 Å². The van der Waals surface area contributed by atoms with Crippen LogP contribution in [0.1, 0.15) is 17.1 Å². The van der Waals surface area contributed by atoms with Gasteiger partial charge < -0.3 is 14.8 Å². The number of ether oxygens (including phenoxy) is 2. The number of aryl methyl sites for hydroxylation is 2. The molecule has 7 heteroatoms. The average molecular weight is 383 g/mol. The van der Waals surface area contributed by atoms with E-state index in [-0.39, 0.29) is 18.4 Å². The van der Waals surface area contributed by atoms with Gasteiger partial charge in [-0.1, -0.05) is 12.1 Å². The van der Waals surface area contributed by atoms with Gasteiger partial charge in [0.2, 0.25) is 5.91 Å². The molecular formula is C20H21N3O3S. The smallest absolute Gasteiger partial charge is 0.226 e. The second-order valence-electron chi connectivity index (χ2n) is 6.55. The van der Waals surface area contributed by atoms with Gasteiger partial charge in [0.1, 0.15) is 12.7 Å². The minimum absolute atomic E-state index is 0.0738. The van der Waals surface area contributed by atoms with E-state index in [2.05, 4.69) is 27.0 Å². The quantitative estimate of drug-likeness (QED) is 0.735. The predicted molar refractivity (Wildman–Crippen MR) is 104 cm³/mol. The highest BCUT2D eigenvalue weighted by Crippen LogP contribution is 2.30. The Labute approximate surface area is 161 Å². The van der Waals surface area contributed by atoms with E-state index in [1.54, 1.807) is 11.3 Å². The van der Waals surface area contributed by atoms with Gasteiger partial charge in [0.25, 0.3) is 0 Å². The number of benzene rings is 1. The van der Waals surface area contributed by atoms with Crippen LogP contribution in [-0.4, -0.2) is 34.7 Å². The normalized spacial score (nSPS) is 15.6. The second-order valence-corrected chi connectivity index (χ2v) is 7.39. The van der Waals surface area contributed by atoms with E-state index in [0.717, 1.165) is 28.0 Å². The van der Waals surface area contributed by atoms with Crippen LogP contribution in [0.3, 0.4) is 0 Å². The lowest BCUT2D eigenvalue weighted by Gasteiger charge is -2.26. The number of nitrogens with one attached hydrogen (secondary N) is 1. The number of carbonyl (C=O) groups is 1. The number of nitrogens with zero attached hydrogens (tertiary/aromatic N) is 2. The summed E-state index contributed by atoms with van der Waals surface area (Å²) in [7, 11) is 0. The Kier molecular flexibility index (Phi) is 4.85. The van der Waals surface area contributed by atoms with Gasteiger partial charge in [-0.3, -0.25) is 9.36 Å². The average Bonchev–Trinajstić information content (AvgIpc) is 3.25. The van der Waals surface area contributed by atoms with Crippen LogP contribution in [0, 0.1) is 13.8 Å². The Hall–Kier alpha value is -2.80. The summed E-state index contributed by atoms with van der Waals surface area (Å²) < 4.78 is 13.6. The molecule has 27 heavy (non-hydrogen) atoms. The first-order valence-corrected chi connectivity index (χ1v) is 9.73. The van der Waals surface area contributed by atoms with Crippen molar-refractivity contribution >= 4 is 17.2 Å².